The lowest BCUT2D eigenvalue weighted by Gasteiger charge is -2.22. The number of fused-ring (bicyclic) bond motifs is 1. The summed E-state index contributed by atoms with van der Waals surface area (Å²) >= 11 is 0. The molecule has 1 nitrogen and oxygen atoms in total. The summed E-state index contributed by atoms with van der Waals surface area (Å²) in [6.07, 6.45) is 16.2. The van der Waals surface area contributed by atoms with Crippen LogP contribution in [0.25, 0.3) is 10.8 Å². The molecule has 0 radical (unpaired) electrons. The lowest BCUT2D eigenvalue weighted by atomic mass is 9.83. The molecule has 4 aliphatic rings. The van der Waals surface area contributed by atoms with Crippen LogP contribution in [0.2, 0.25) is 0 Å². The van der Waals surface area contributed by atoms with E-state index in [2.05, 4.69) is 66.8 Å². The van der Waals surface area contributed by atoms with Crippen molar-refractivity contribution in [2.24, 2.45) is 17.8 Å². The number of rotatable bonds is 1. The number of hydrogen-bond acceptors (Lipinski definition) is 1. The summed E-state index contributed by atoms with van der Waals surface area (Å²) in [6, 6.07) is 10.7. The lowest BCUT2D eigenvalue weighted by Crippen LogP contribution is -2.18. The van der Waals surface area contributed by atoms with Gasteiger partial charge in [0.05, 0.1) is 11.1 Å². The number of allylic oxidation sites excluding steroid dienone is 6. The van der Waals surface area contributed by atoms with Crippen LogP contribution in [-0.2, 0) is 5.41 Å². The van der Waals surface area contributed by atoms with Gasteiger partial charge in [0.2, 0.25) is 0 Å². The summed E-state index contributed by atoms with van der Waals surface area (Å²) in [5, 5.41) is 2.47. The predicted molar refractivity (Wildman–Crippen MR) is 81.3 cm³/mol. The zero-order valence-corrected chi connectivity index (χ0v) is 11.1. The smallest absolute Gasteiger partial charge is 0.0666 e. The van der Waals surface area contributed by atoms with Crippen molar-refractivity contribution < 1.29 is 0 Å². The fourth-order valence-electron chi connectivity index (χ4n) is 3.71. The van der Waals surface area contributed by atoms with E-state index in [4.69, 9.17) is 4.98 Å². The van der Waals surface area contributed by atoms with Crippen LogP contribution in [0.4, 0.5) is 0 Å². The average Bonchev–Trinajstić information content (AvgIpc) is 3.24. The highest BCUT2D eigenvalue weighted by atomic mass is 14.7. The molecule has 20 heavy (non-hydrogen) atoms. The first-order chi connectivity index (χ1) is 9.86. The molecule has 1 aromatic heterocycles. The number of hydrogen-bond donors (Lipinski definition) is 0. The Balaban J connectivity index is 1.74. The molecule has 0 atom stereocenters. The molecule has 0 unspecified atom stereocenters. The number of benzene rings is 1. The molecule has 1 heterocycles. The minimum Gasteiger partial charge on any atom is -0.259 e. The van der Waals surface area contributed by atoms with Crippen LogP contribution in [0.15, 0.2) is 73.0 Å². The van der Waals surface area contributed by atoms with E-state index in [1.807, 2.05) is 6.20 Å². The first-order valence-corrected chi connectivity index (χ1v) is 7.29. The van der Waals surface area contributed by atoms with Gasteiger partial charge in [-0.3, -0.25) is 4.98 Å². The number of pyridine rings is 1. The minimum atomic E-state index is -0.137. The average molecular weight is 257 g/mol. The van der Waals surface area contributed by atoms with Crippen LogP contribution >= 0.6 is 0 Å². The third-order valence-electron chi connectivity index (χ3n) is 5.05. The highest BCUT2D eigenvalue weighted by Gasteiger charge is 2.49. The van der Waals surface area contributed by atoms with E-state index in [-0.39, 0.29) is 5.41 Å². The van der Waals surface area contributed by atoms with Gasteiger partial charge in [-0.2, -0.15) is 0 Å². The largest absolute Gasteiger partial charge is 0.259 e. The zero-order chi connectivity index (χ0) is 13.2. The van der Waals surface area contributed by atoms with Gasteiger partial charge in [0.15, 0.2) is 0 Å². The Bertz CT molecular complexity index is 745. The maximum atomic E-state index is 4.74. The predicted octanol–water partition coefficient (Wildman–Crippen LogP) is 4.03. The molecule has 4 bridgehead atoms. The van der Waals surface area contributed by atoms with Gasteiger partial charge in [-0.05, 0) is 29.2 Å². The quantitative estimate of drug-likeness (QED) is 0.703. The van der Waals surface area contributed by atoms with Gasteiger partial charge < -0.3 is 0 Å². The molecular formula is C19H15N. The summed E-state index contributed by atoms with van der Waals surface area (Å²) in [4.78, 5) is 4.74. The monoisotopic (exact) mass is 257 g/mol. The fraction of sp³-hybridized carbons (Fsp3) is 0.211. The maximum Gasteiger partial charge on any atom is 0.0666 e. The van der Waals surface area contributed by atoms with Crippen molar-refractivity contribution in [3.8, 4) is 0 Å². The topological polar surface area (TPSA) is 12.9 Å². The van der Waals surface area contributed by atoms with Gasteiger partial charge >= 0.3 is 0 Å². The second-order valence-corrected chi connectivity index (χ2v) is 6.16. The van der Waals surface area contributed by atoms with Crippen LogP contribution in [-0.4, -0.2) is 4.98 Å². The Kier molecular flexibility index (Phi) is 1.85. The van der Waals surface area contributed by atoms with Crippen molar-refractivity contribution in [3.63, 3.8) is 0 Å². The van der Waals surface area contributed by atoms with Crippen LogP contribution in [0.3, 0.4) is 0 Å². The Morgan fingerprint density at radius 2 is 1.40 bits per heavy atom. The Labute approximate surface area is 118 Å². The molecule has 0 saturated heterocycles. The van der Waals surface area contributed by atoms with Crippen LogP contribution in [0.1, 0.15) is 5.69 Å². The van der Waals surface area contributed by atoms with Gasteiger partial charge in [-0.25, -0.2) is 0 Å². The molecule has 1 heteroatoms. The lowest BCUT2D eigenvalue weighted by molar-refractivity contribution is 0.815. The highest BCUT2D eigenvalue weighted by molar-refractivity contribution is 5.82. The molecule has 4 aliphatic carbocycles. The van der Waals surface area contributed by atoms with E-state index in [1.54, 1.807) is 0 Å². The summed E-state index contributed by atoms with van der Waals surface area (Å²) < 4.78 is 0. The third kappa shape index (κ3) is 1.30. The molecule has 1 saturated carbocycles. The fourth-order valence-corrected chi connectivity index (χ4v) is 3.71. The molecule has 6 rings (SSSR count). The molecule has 96 valence electrons. The van der Waals surface area contributed by atoms with Gasteiger partial charge in [0, 0.05) is 11.6 Å². The summed E-state index contributed by atoms with van der Waals surface area (Å²) in [6.45, 7) is 0. The van der Waals surface area contributed by atoms with Gasteiger partial charge in [0.25, 0.3) is 0 Å². The first-order valence-electron chi connectivity index (χ1n) is 7.29. The van der Waals surface area contributed by atoms with Gasteiger partial charge in [-0.1, -0.05) is 60.7 Å². The van der Waals surface area contributed by atoms with Crippen LogP contribution < -0.4 is 0 Å². The second-order valence-electron chi connectivity index (χ2n) is 6.16. The molecule has 0 spiro atoms. The Morgan fingerprint density at radius 1 is 0.800 bits per heavy atom. The summed E-state index contributed by atoms with van der Waals surface area (Å²) in [7, 11) is 0. The zero-order valence-electron chi connectivity index (χ0n) is 11.1. The van der Waals surface area contributed by atoms with E-state index >= 15 is 0 Å². The van der Waals surface area contributed by atoms with Gasteiger partial charge in [0.1, 0.15) is 0 Å². The molecule has 0 N–H and O–H groups in total. The number of nitrogens with zero attached hydrogens (tertiary/aromatic N) is 1. The molecule has 0 amide bonds. The van der Waals surface area contributed by atoms with E-state index in [9.17, 15) is 0 Å². The Morgan fingerprint density at radius 3 is 2.05 bits per heavy atom. The minimum absolute atomic E-state index is 0.137. The Hall–Kier alpha value is -2.15. The van der Waals surface area contributed by atoms with Crippen molar-refractivity contribution >= 4 is 10.8 Å². The van der Waals surface area contributed by atoms with Crippen molar-refractivity contribution in [2.45, 2.75) is 5.41 Å². The van der Waals surface area contributed by atoms with Crippen molar-refractivity contribution in [1.82, 2.24) is 4.98 Å². The summed E-state index contributed by atoms with van der Waals surface area (Å²) in [5.74, 6) is 2.19. The first kappa shape index (κ1) is 10.6. The van der Waals surface area contributed by atoms with Crippen molar-refractivity contribution in [3.05, 3.63) is 78.7 Å². The van der Waals surface area contributed by atoms with Crippen molar-refractivity contribution in [1.29, 1.82) is 0 Å². The molecule has 1 fully saturated rings. The molecular weight excluding hydrogens is 242 g/mol. The van der Waals surface area contributed by atoms with Crippen LogP contribution in [0, 0.1) is 17.8 Å². The normalized spacial score (nSPS) is 36.1. The molecule has 2 aromatic rings. The van der Waals surface area contributed by atoms with E-state index in [0.29, 0.717) is 0 Å². The van der Waals surface area contributed by atoms with E-state index < -0.39 is 0 Å². The third-order valence-corrected chi connectivity index (χ3v) is 5.05. The number of aromatic nitrogens is 1. The summed E-state index contributed by atoms with van der Waals surface area (Å²) in [5.41, 5.74) is 0.990. The van der Waals surface area contributed by atoms with Crippen molar-refractivity contribution in [2.75, 3.05) is 0 Å². The van der Waals surface area contributed by atoms with Gasteiger partial charge in [-0.15, -0.1) is 0 Å². The van der Waals surface area contributed by atoms with Crippen LogP contribution in [0.5, 0.6) is 0 Å². The van der Waals surface area contributed by atoms with E-state index in [1.165, 1.54) is 10.8 Å². The highest BCUT2D eigenvalue weighted by Crippen LogP contribution is 2.55. The molecule has 1 aromatic carbocycles. The SMILES string of the molecule is C1=CC2(c3cc4ccccc4cn3)C=CC3C1C3C=C2. The molecule has 0 aliphatic heterocycles. The van der Waals surface area contributed by atoms with E-state index in [0.717, 1.165) is 23.4 Å². The second kappa shape index (κ2) is 3.49. The maximum absolute atomic E-state index is 4.74. The standard InChI is InChI=1S/C19H15N/c1-2-4-14-12-20-18(11-13(14)3-1)19-8-5-15-16(6-9-19)17(15)7-10-19/h1-12,15-17H.